The van der Waals surface area contributed by atoms with Crippen molar-refractivity contribution in [2.45, 2.75) is 37.8 Å². The summed E-state index contributed by atoms with van der Waals surface area (Å²) in [6.07, 6.45) is 7.20. The van der Waals surface area contributed by atoms with E-state index in [0.717, 1.165) is 36.8 Å². The third-order valence-electron chi connectivity index (χ3n) is 3.75. The predicted octanol–water partition coefficient (Wildman–Crippen LogP) is 2.41. The van der Waals surface area contributed by atoms with Crippen LogP contribution in [0.4, 0.5) is 0 Å². The van der Waals surface area contributed by atoms with Crippen molar-refractivity contribution in [1.29, 1.82) is 0 Å². The maximum Gasteiger partial charge on any atom is 0.335 e. The van der Waals surface area contributed by atoms with Gasteiger partial charge in [0.25, 0.3) is 0 Å². The topological polar surface area (TPSA) is 111 Å². The molecule has 0 spiro atoms. The van der Waals surface area contributed by atoms with Crippen LogP contribution in [-0.4, -0.2) is 43.9 Å². The largest absolute Gasteiger partial charge is 0.494 e. The Labute approximate surface area is 164 Å². The molecule has 0 bridgehead atoms. The Kier molecular flexibility index (Phi) is 8.19. The van der Waals surface area contributed by atoms with E-state index in [-0.39, 0.29) is 11.1 Å². The lowest BCUT2D eigenvalue weighted by Crippen LogP contribution is -2.21. The van der Waals surface area contributed by atoms with Gasteiger partial charge in [-0.1, -0.05) is 23.7 Å². The number of nitrogens with one attached hydrogen (secondary N) is 1. The van der Waals surface area contributed by atoms with Crippen LogP contribution in [0.5, 0.6) is 5.75 Å². The molecule has 9 heteroatoms. The number of nitrogens with zero attached hydrogens (tertiary/aromatic N) is 2. The van der Waals surface area contributed by atoms with Gasteiger partial charge in [0.1, 0.15) is 5.75 Å². The van der Waals surface area contributed by atoms with Crippen molar-refractivity contribution >= 4 is 21.8 Å². The molecule has 0 saturated carbocycles. The van der Waals surface area contributed by atoms with Crippen molar-refractivity contribution in [2.24, 2.45) is 0 Å². The van der Waals surface area contributed by atoms with Crippen LogP contribution in [0.15, 0.2) is 40.0 Å². The molecule has 0 atom stereocenters. The summed E-state index contributed by atoms with van der Waals surface area (Å²) in [6.45, 7) is 3.11. The molecule has 0 saturated heterocycles. The Bertz CT molecular complexity index is 889. The van der Waals surface area contributed by atoms with Crippen molar-refractivity contribution in [1.82, 2.24) is 15.5 Å². The molecule has 1 aromatic heterocycles. The molecule has 2 rings (SSSR count). The highest BCUT2D eigenvalue weighted by Gasteiger charge is 2.15. The number of hydrogen-bond acceptors (Lipinski definition) is 7. The summed E-state index contributed by atoms with van der Waals surface area (Å²) in [5.74, 6) is 0.962. The van der Waals surface area contributed by atoms with Crippen LogP contribution in [0.2, 0.25) is 0 Å². The molecule has 2 aromatic rings. The second-order valence-corrected chi connectivity index (χ2v) is 8.06. The Morgan fingerprint density at radius 2 is 1.93 bits per heavy atom. The highest BCUT2D eigenvalue weighted by atomic mass is 32.2. The fraction of sp³-hybridized carbons (Fsp3) is 0.421. The number of sulfone groups is 1. The van der Waals surface area contributed by atoms with Crippen LogP contribution < -0.4 is 10.1 Å². The molecule has 0 unspecified atom stereocenters. The van der Waals surface area contributed by atoms with E-state index < -0.39 is 9.84 Å². The van der Waals surface area contributed by atoms with Crippen LogP contribution in [0.1, 0.15) is 37.6 Å². The molecule has 1 heterocycles. The second-order valence-electron chi connectivity index (χ2n) is 6.17. The van der Waals surface area contributed by atoms with Gasteiger partial charge in [-0.3, -0.25) is 4.79 Å². The Morgan fingerprint density at radius 1 is 1.18 bits per heavy atom. The predicted molar refractivity (Wildman–Crippen MR) is 105 cm³/mol. The number of rotatable bonds is 11. The van der Waals surface area contributed by atoms with E-state index in [2.05, 4.69) is 15.5 Å². The van der Waals surface area contributed by atoms with Crippen molar-refractivity contribution in [3.8, 4) is 5.75 Å². The molecular formula is C19H25N3O5S. The number of hydrogen-bond donors (Lipinski definition) is 1. The van der Waals surface area contributed by atoms with Gasteiger partial charge in [-0.05, 0) is 43.5 Å². The van der Waals surface area contributed by atoms with E-state index in [9.17, 15) is 13.2 Å². The van der Waals surface area contributed by atoms with Gasteiger partial charge in [0, 0.05) is 25.3 Å². The molecule has 28 heavy (non-hydrogen) atoms. The van der Waals surface area contributed by atoms with E-state index in [0.29, 0.717) is 25.5 Å². The number of ether oxygens (including phenoxy) is 1. The van der Waals surface area contributed by atoms with Gasteiger partial charge in [0.05, 0.1) is 6.61 Å². The van der Waals surface area contributed by atoms with Gasteiger partial charge in [-0.15, -0.1) is 5.10 Å². The number of benzene rings is 1. The molecule has 1 aromatic carbocycles. The highest BCUT2D eigenvalue weighted by Crippen LogP contribution is 2.13. The van der Waals surface area contributed by atoms with E-state index >= 15 is 0 Å². The molecule has 1 N–H and O–H groups in total. The SMILES string of the molecule is CCOc1ccc(/C=C/C(=O)NCCCCCc2nnc(S(C)(=O)=O)o2)cc1. The second kappa shape index (κ2) is 10.6. The minimum Gasteiger partial charge on any atom is -0.494 e. The normalized spacial score (nSPS) is 11.6. The molecular weight excluding hydrogens is 382 g/mol. The summed E-state index contributed by atoms with van der Waals surface area (Å²) in [5, 5.41) is 9.70. The maximum absolute atomic E-state index is 11.8. The Hall–Kier alpha value is -2.68. The lowest BCUT2D eigenvalue weighted by Gasteiger charge is -2.03. The average molecular weight is 407 g/mol. The van der Waals surface area contributed by atoms with Gasteiger partial charge in [0.2, 0.25) is 21.6 Å². The van der Waals surface area contributed by atoms with Crippen molar-refractivity contribution in [2.75, 3.05) is 19.4 Å². The van der Waals surface area contributed by atoms with Gasteiger partial charge >= 0.3 is 5.22 Å². The molecule has 152 valence electrons. The van der Waals surface area contributed by atoms with E-state index in [1.54, 1.807) is 6.08 Å². The van der Waals surface area contributed by atoms with Gasteiger partial charge in [-0.2, -0.15) is 0 Å². The number of unbranched alkanes of at least 4 members (excludes halogenated alkanes) is 2. The van der Waals surface area contributed by atoms with Crippen molar-refractivity contribution in [3.63, 3.8) is 0 Å². The zero-order valence-corrected chi connectivity index (χ0v) is 16.9. The number of aromatic nitrogens is 2. The molecule has 0 aliphatic heterocycles. The molecule has 8 nitrogen and oxygen atoms in total. The summed E-state index contributed by atoms with van der Waals surface area (Å²) in [7, 11) is -3.46. The van der Waals surface area contributed by atoms with E-state index in [4.69, 9.17) is 9.15 Å². The minimum atomic E-state index is -3.46. The van der Waals surface area contributed by atoms with Crippen molar-refractivity contribution in [3.05, 3.63) is 41.8 Å². The number of amides is 1. The standard InChI is InChI=1S/C19H25N3O5S/c1-3-26-16-11-8-15(9-12-16)10-13-17(23)20-14-6-4-5-7-18-21-22-19(27-18)28(2,24)25/h8-13H,3-7,14H2,1-2H3,(H,20,23)/b13-10+. The van der Waals surface area contributed by atoms with Crippen LogP contribution in [-0.2, 0) is 21.1 Å². The zero-order chi connectivity index (χ0) is 20.4. The third kappa shape index (κ3) is 7.51. The Morgan fingerprint density at radius 3 is 2.57 bits per heavy atom. The van der Waals surface area contributed by atoms with E-state index in [1.165, 1.54) is 6.08 Å². The lowest BCUT2D eigenvalue weighted by molar-refractivity contribution is -0.116. The summed E-state index contributed by atoms with van der Waals surface area (Å²) in [6, 6.07) is 7.51. The van der Waals surface area contributed by atoms with Crippen LogP contribution in [0.3, 0.4) is 0 Å². The fourth-order valence-corrected chi connectivity index (χ4v) is 2.79. The first-order chi connectivity index (χ1) is 13.4. The smallest absolute Gasteiger partial charge is 0.335 e. The first-order valence-corrected chi connectivity index (χ1v) is 11.0. The minimum absolute atomic E-state index is 0.149. The first-order valence-electron chi connectivity index (χ1n) is 9.09. The van der Waals surface area contributed by atoms with Crippen LogP contribution in [0, 0.1) is 0 Å². The van der Waals surface area contributed by atoms with Gasteiger partial charge in [-0.25, -0.2) is 8.42 Å². The maximum atomic E-state index is 11.8. The average Bonchev–Trinajstić information content (AvgIpc) is 3.14. The Balaban J connectivity index is 1.61. The van der Waals surface area contributed by atoms with Gasteiger partial charge < -0.3 is 14.5 Å². The molecule has 0 aliphatic carbocycles. The summed E-state index contributed by atoms with van der Waals surface area (Å²) < 4.78 is 33.0. The zero-order valence-electron chi connectivity index (χ0n) is 16.1. The number of carbonyl (C=O) groups is 1. The lowest BCUT2D eigenvalue weighted by atomic mass is 10.2. The van der Waals surface area contributed by atoms with Gasteiger partial charge in [0.15, 0.2) is 0 Å². The fourth-order valence-electron chi connectivity index (χ4n) is 2.35. The number of aryl methyl sites for hydroxylation is 1. The van der Waals surface area contributed by atoms with E-state index in [1.807, 2.05) is 31.2 Å². The molecule has 0 aliphatic rings. The highest BCUT2D eigenvalue weighted by molar-refractivity contribution is 7.90. The summed E-state index contributed by atoms with van der Waals surface area (Å²) in [5.41, 5.74) is 0.923. The first kappa shape index (κ1) is 21.6. The van der Waals surface area contributed by atoms with Crippen LogP contribution in [0.25, 0.3) is 6.08 Å². The molecule has 0 fully saturated rings. The number of carbonyl (C=O) groups excluding carboxylic acids is 1. The summed E-state index contributed by atoms with van der Waals surface area (Å²) >= 11 is 0. The third-order valence-corrected chi connectivity index (χ3v) is 4.55. The molecule has 1 amide bonds. The quantitative estimate of drug-likeness (QED) is 0.450. The summed E-state index contributed by atoms with van der Waals surface area (Å²) in [4.78, 5) is 11.8. The van der Waals surface area contributed by atoms with Crippen LogP contribution >= 0.6 is 0 Å². The monoisotopic (exact) mass is 407 g/mol. The van der Waals surface area contributed by atoms with Crippen molar-refractivity contribution < 1.29 is 22.4 Å². The molecule has 0 radical (unpaired) electrons.